The Morgan fingerprint density at radius 1 is 1.12 bits per heavy atom. The lowest BCUT2D eigenvalue weighted by Gasteiger charge is -2.61. The van der Waals surface area contributed by atoms with Crippen molar-refractivity contribution in [3.05, 3.63) is 12.3 Å². The van der Waals surface area contributed by atoms with E-state index in [-0.39, 0.29) is 28.5 Å². The SMILES string of the molecule is CC(C=CN)=NCC1(C)CC2(C)CC(C)(C)CC(OCCO)(C1)C2. The molecule has 0 saturated heterocycles. The zero-order valence-corrected chi connectivity index (χ0v) is 16.2. The maximum Gasteiger partial charge on any atom is 0.0705 e. The Labute approximate surface area is 147 Å². The summed E-state index contributed by atoms with van der Waals surface area (Å²) in [5.41, 5.74) is 7.00. The van der Waals surface area contributed by atoms with E-state index in [4.69, 9.17) is 15.5 Å². The molecule has 2 bridgehead atoms. The fourth-order valence-corrected chi connectivity index (χ4v) is 6.15. The lowest BCUT2D eigenvalue weighted by atomic mass is 9.48. The number of rotatable bonds is 6. The fraction of sp³-hybridized carbons (Fsp3) is 0.850. The number of ether oxygens (including phenoxy) is 1. The number of aliphatic hydroxyl groups is 1. The van der Waals surface area contributed by atoms with Crippen molar-refractivity contribution in [2.24, 2.45) is 27.0 Å². The Morgan fingerprint density at radius 3 is 2.46 bits per heavy atom. The molecule has 0 aromatic rings. The van der Waals surface area contributed by atoms with Gasteiger partial charge in [0, 0.05) is 12.3 Å². The van der Waals surface area contributed by atoms with Crippen LogP contribution in [-0.4, -0.2) is 36.2 Å². The first-order valence-corrected chi connectivity index (χ1v) is 9.19. The second-order valence-corrected chi connectivity index (χ2v) is 9.74. The zero-order valence-electron chi connectivity index (χ0n) is 16.2. The number of aliphatic imine (C=N–C) groups is 1. The van der Waals surface area contributed by atoms with Crippen molar-refractivity contribution >= 4 is 5.71 Å². The number of nitrogens with zero attached hydrogens (tertiary/aromatic N) is 1. The monoisotopic (exact) mass is 336 g/mol. The standard InChI is InChI=1S/C20H36N2O2/c1-16(6-7-21)22-15-19(5)12-18(4)10-17(2,3)11-20(13-18,14-19)24-9-8-23/h6-7,23H,8-15,21H2,1-5H3. The smallest absolute Gasteiger partial charge is 0.0705 e. The quantitative estimate of drug-likeness (QED) is 0.727. The lowest BCUT2D eigenvalue weighted by Crippen LogP contribution is -2.57. The van der Waals surface area contributed by atoms with Crippen LogP contribution in [0.3, 0.4) is 0 Å². The zero-order chi connectivity index (χ0) is 18.1. The van der Waals surface area contributed by atoms with Gasteiger partial charge < -0.3 is 15.6 Å². The van der Waals surface area contributed by atoms with Crippen LogP contribution in [0.4, 0.5) is 0 Å². The van der Waals surface area contributed by atoms with Gasteiger partial charge in [-0.3, -0.25) is 4.99 Å². The molecule has 2 saturated carbocycles. The molecule has 4 heteroatoms. The summed E-state index contributed by atoms with van der Waals surface area (Å²) in [6, 6.07) is 0. The van der Waals surface area contributed by atoms with Gasteiger partial charge in [0.25, 0.3) is 0 Å². The summed E-state index contributed by atoms with van der Waals surface area (Å²) in [6.07, 6.45) is 8.99. The average Bonchev–Trinajstić information content (AvgIpc) is 2.39. The third kappa shape index (κ3) is 4.60. The maximum absolute atomic E-state index is 9.28. The highest BCUT2D eigenvalue weighted by Gasteiger charge is 2.57. The van der Waals surface area contributed by atoms with Crippen molar-refractivity contribution in [1.82, 2.24) is 0 Å². The van der Waals surface area contributed by atoms with Gasteiger partial charge in [0.05, 0.1) is 18.8 Å². The molecular formula is C20H36N2O2. The molecule has 0 aromatic heterocycles. The molecule has 0 heterocycles. The lowest BCUT2D eigenvalue weighted by molar-refractivity contribution is -0.192. The van der Waals surface area contributed by atoms with Crippen LogP contribution >= 0.6 is 0 Å². The van der Waals surface area contributed by atoms with Crippen LogP contribution in [0.1, 0.15) is 66.7 Å². The second kappa shape index (κ2) is 6.80. The molecule has 4 nitrogen and oxygen atoms in total. The molecule has 0 amide bonds. The van der Waals surface area contributed by atoms with Crippen molar-refractivity contribution in [1.29, 1.82) is 0 Å². The summed E-state index contributed by atoms with van der Waals surface area (Å²) in [5, 5.41) is 9.28. The molecule has 2 rings (SSSR count). The van der Waals surface area contributed by atoms with E-state index in [9.17, 15) is 5.11 Å². The largest absolute Gasteiger partial charge is 0.405 e. The molecule has 2 aliphatic rings. The molecule has 138 valence electrons. The molecule has 3 N–H and O–H groups in total. The van der Waals surface area contributed by atoms with Crippen LogP contribution < -0.4 is 5.73 Å². The summed E-state index contributed by atoms with van der Waals surface area (Å²) < 4.78 is 6.31. The highest BCUT2D eigenvalue weighted by atomic mass is 16.5. The number of fused-ring (bicyclic) bond motifs is 2. The van der Waals surface area contributed by atoms with E-state index in [0.29, 0.717) is 6.61 Å². The number of hydrogen-bond acceptors (Lipinski definition) is 4. The summed E-state index contributed by atoms with van der Waals surface area (Å²) in [6.45, 7) is 12.8. The topological polar surface area (TPSA) is 67.8 Å². The predicted octanol–water partition coefficient (Wildman–Crippen LogP) is 3.68. The molecule has 2 fully saturated rings. The van der Waals surface area contributed by atoms with Gasteiger partial charge >= 0.3 is 0 Å². The summed E-state index contributed by atoms with van der Waals surface area (Å²) in [5.74, 6) is 0. The number of allylic oxidation sites excluding steroid dienone is 1. The van der Waals surface area contributed by atoms with Gasteiger partial charge in [-0.2, -0.15) is 0 Å². The Balaban J connectivity index is 2.27. The predicted molar refractivity (Wildman–Crippen MR) is 100 cm³/mol. The van der Waals surface area contributed by atoms with Gasteiger partial charge in [-0.05, 0) is 67.5 Å². The first-order valence-electron chi connectivity index (χ1n) is 9.19. The van der Waals surface area contributed by atoms with Crippen molar-refractivity contribution in [3.8, 4) is 0 Å². The first kappa shape index (κ1) is 19.5. The summed E-state index contributed by atoms with van der Waals surface area (Å²) in [4.78, 5) is 4.76. The Bertz CT molecular complexity index is 510. The highest BCUT2D eigenvalue weighted by Crippen LogP contribution is 2.62. The Kier molecular flexibility index (Phi) is 5.51. The van der Waals surface area contributed by atoms with E-state index in [1.54, 1.807) is 6.20 Å². The number of hydrogen-bond donors (Lipinski definition) is 2. The van der Waals surface area contributed by atoms with Gasteiger partial charge in [0.1, 0.15) is 0 Å². The van der Waals surface area contributed by atoms with Crippen molar-refractivity contribution in [2.75, 3.05) is 19.8 Å². The van der Waals surface area contributed by atoms with E-state index in [0.717, 1.165) is 31.5 Å². The molecule has 0 aliphatic heterocycles. The van der Waals surface area contributed by atoms with E-state index < -0.39 is 0 Å². The van der Waals surface area contributed by atoms with E-state index in [1.165, 1.54) is 12.8 Å². The molecule has 0 spiro atoms. The summed E-state index contributed by atoms with van der Waals surface area (Å²) >= 11 is 0. The highest BCUT2D eigenvalue weighted by molar-refractivity contribution is 5.92. The molecule has 24 heavy (non-hydrogen) atoms. The fourth-order valence-electron chi connectivity index (χ4n) is 6.15. The average molecular weight is 337 g/mol. The third-order valence-electron chi connectivity index (χ3n) is 5.60. The molecule has 3 unspecified atom stereocenters. The Morgan fingerprint density at radius 2 is 1.83 bits per heavy atom. The van der Waals surface area contributed by atoms with E-state index >= 15 is 0 Å². The van der Waals surface area contributed by atoms with Crippen LogP contribution in [0.25, 0.3) is 0 Å². The first-order chi connectivity index (χ1) is 11.1. The van der Waals surface area contributed by atoms with Gasteiger partial charge in [-0.1, -0.05) is 27.7 Å². The maximum atomic E-state index is 9.28. The molecule has 0 radical (unpaired) electrons. The van der Waals surface area contributed by atoms with Gasteiger partial charge in [-0.25, -0.2) is 0 Å². The van der Waals surface area contributed by atoms with Crippen LogP contribution in [-0.2, 0) is 4.74 Å². The van der Waals surface area contributed by atoms with E-state index in [2.05, 4.69) is 27.7 Å². The van der Waals surface area contributed by atoms with Gasteiger partial charge in [-0.15, -0.1) is 0 Å². The van der Waals surface area contributed by atoms with Crippen molar-refractivity contribution in [2.45, 2.75) is 72.3 Å². The van der Waals surface area contributed by atoms with Gasteiger partial charge in [0.15, 0.2) is 0 Å². The molecule has 0 aromatic carbocycles. The van der Waals surface area contributed by atoms with Crippen LogP contribution in [0.15, 0.2) is 17.3 Å². The van der Waals surface area contributed by atoms with Gasteiger partial charge in [0.2, 0.25) is 0 Å². The van der Waals surface area contributed by atoms with E-state index in [1.807, 2.05) is 13.0 Å². The minimum atomic E-state index is -0.126. The minimum absolute atomic E-state index is 0.0914. The molecular weight excluding hydrogens is 300 g/mol. The van der Waals surface area contributed by atoms with Crippen LogP contribution in [0.2, 0.25) is 0 Å². The third-order valence-corrected chi connectivity index (χ3v) is 5.60. The molecule has 2 aliphatic carbocycles. The Hall–Kier alpha value is -0.870. The summed E-state index contributed by atoms with van der Waals surface area (Å²) in [7, 11) is 0. The van der Waals surface area contributed by atoms with Crippen molar-refractivity contribution < 1.29 is 9.84 Å². The van der Waals surface area contributed by atoms with Crippen LogP contribution in [0, 0.1) is 16.2 Å². The second-order valence-electron chi connectivity index (χ2n) is 9.74. The van der Waals surface area contributed by atoms with Crippen molar-refractivity contribution in [3.63, 3.8) is 0 Å². The normalized spacial score (nSPS) is 39.3. The minimum Gasteiger partial charge on any atom is -0.405 e. The van der Waals surface area contributed by atoms with Crippen LogP contribution in [0.5, 0.6) is 0 Å². The number of nitrogens with two attached hydrogens (primary N) is 1. The molecule has 3 atom stereocenters. The number of aliphatic hydroxyl groups excluding tert-OH is 1.